The summed E-state index contributed by atoms with van der Waals surface area (Å²) in [5.41, 5.74) is 0.148. The van der Waals surface area contributed by atoms with E-state index in [0.717, 1.165) is 37.5 Å². The molecular formula is C40H62N6O8S. The molecule has 1 heterocycles. The van der Waals surface area contributed by atoms with Gasteiger partial charge in [-0.3, -0.25) is 28.8 Å². The van der Waals surface area contributed by atoms with E-state index in [0.29, 0.717) is 45.2 Å². The van der Waals surface area contributed by atoms with Crippen molar-refractivity contribution >= 4 is 45.3 Å². The molecule has 1 aliphatic heterocycles. The van der Waals surface area contributed by atoms with Crippen LogP contribution in [0.15, 0.2) is 30.3 Å². The molecule has 4 rings (SSSR count). The second-order valence-electron chi connectivity index (χ2n) is 17.0. The van der Waals surface area contributed by atoms with Crippen LogP contribution < -0.4 is 26.0 Å². The average Bonchev–Trinajstić information content (AvgIpc) is 3.73. The highest BCUT2D eigenvalue weighted by Crippen LogP contribution is 2.43. The minimum atomic E-state index is -3.67. The fourth-order valence-electron chi connectivity index (χ4n) is 8.44. The van der Waals surface area contributed by atoms with Crippen LogP contribution in [0, 0.1) is 29.1 Å². The number of nitrogens with zero attached hydrogens (tertiary/aromatic N) is 1. The lowest BCUT2D eigenvalue weighted by Gasteiger charge is -2.37. The third kappa shape index (κ3) is 11.8. The smallest absolute Gasteiger partial charge is 0.290 e. The largest absolute Gasteiger partial charge is 0.345 e. The van der Waals surface area contributed by atoms with Crippen molar-refractivity contribution in [2.45, 2.75) is 130 Å². The Balaban J connectivity index is 1.42. The van der Waals surface area contributed by atoms with Crippen LogP contribution in [-0.4, -0.2) is 92.1 Å². The molecule has 0 radical (unpaired) electrons. The molecule has 3 aliphatic rings. The molecule has 5 N–H and O–H groups in total. The topological polar surface area (TPSA) is 200 Å². The fourth-order valence-corrected chi connectivity index (χ4v) is 9.19. The molecule has 2 saturated carbocycles. The van der Waals surface area contributed by atoms with Crippen molar-refractivity contribution in [2.24, 2.45) is 29.1 Å². The number of carbonyl (C=O) groups is 6. The van der Waals surface area contributed by atoms with Crippen LogP contribution in [0.4, 0.5) is 0 Å². The number of nitrogens with one attached hydrogen (secondary N) is 5. The highest BCUT2D eigenvalue weighted by Gasteiger charge is 2.49. The molecule has 306 valence electrons. The van der Waals surface area contributed by atoms with E-state index in [1.165, 1.54) is 6.92 Å². The lowest BCUT2D eigenvalue weighted by Crippen LogP contribution is -2.61. The van der Waals surface area contributed by atoms with Gasteiger partial charge in [-0.2, -0.15) is 0 Å². The van der Waals surface area contributed by atoms with Gasteiger partial charge in [-0.1, -0.05) is 83.7 Å². The van der Waals surface area contributed by atoms with Gasteiger partial charge in [0.05, 0.1) is 24.4 Å². The van der Waals surface area contributed by atoms with Gasteiger partial charge in [0.25, 0.3) is 5.91 Å². The number of hydrogen-bond donors (Lipinski definition) is 5. The van der Waals surface area contributed by atoms with Crippen molar-refractivity contribution in [1.29, 1.82) is 0 Å². The summed E-state index contributed by atoms with van der Waals surface area (Å²) < 4.78 is 25.8. The third-order valence-electron chi connectivity index (χ3n) is 11.5. The summed E-state index contributed by atoms with van der Waals surface area (Å²) in [6, 6.07) is 4.95. The zero-order valence-electron chi connectivity index (χ0n) is 33.5. The summed E-state index contributed by atoms with van der Waals surface area (Å²) >= 11 is 0. The summed E-state index contributed by atoms with van der Waals surface area (Å²) in [5.74, 6) is -3.86. The first kappa shape index (κ1) is 43.9. The minimum Gasteiger partial charge on any atom is -0.345 e. The number of hydrogen-bond acceptors (Lipinski definition) is 8. The van der Waals surface area contributed by atoms with E-state index in [-0.39, 0.29) is 35.6 Å². The number of carbonyl (C=O) groups excluding carboxylic acids is 6. The van der Waals surface area contributed by atoms with Crippen LogP contribution in [-0.2, 0) is 38.8 Å². The van der Waals surface area contributed by atoms with Gasteiger partial charge >= 0.3 is 0 Å². The number of rotatable bonds is 16. The van der Waals surface area contributed by atoms with Crippen LogP contribution in [0.5, 0.6) is 0 Å². The molecule has 8 atom stereocenters. The first-order valence-corrected chi connectivity index (χ1v) is 21.8. The molecule has 1 aromatic carbocycles. The molecule has 0 bridgehead atoms. The van der Waals surface area contributed by atoms with Crippen molar-refractivity contribution in [1.82, 2.24) is 30.9 Å². The van der Waals surface area contributed by atoms with Gasteiger partial charge in [0.15, 0.2) is 0 Å². The Morgan fingerprint density at radius 2 is 1.49 bits per heavy atom. The van der Waals surface area contributed by atoms with Crippen LogP contribution >= 0.6 is 0 Å². The van der Waals surface area contributed by atoms with Crippen LogP contribution in [0.1, 0.15) is 111 Å². The predicted octanol–water partition coefficient (Wildman–Crippen LogP) is 2.74. The first-order chi connectivity index (χ1) is 25.8. The molecule has 2 aliphatic carbocycles. The minimum absolute atomic E-state index is 0.0597. The van der Waals surface area contributed by atoms with E-state index in [2.05, 4.69) is 26.0 Å². The number of ketones is 1. The standard InChI is InChI=1S/C40H62N6O8S/c1-8-15-31(33(47)38(51)41-24(2)26-16-11-9-12-17-26)42-36(49)29-21-20-28-22-46(23-30(28)29)39(52)34(40(4,5)6)44-37(50)32(27-18-13-10-14-19-27)43-35(48)25(3)45-55(7,53)54/h9,11-12,16-17,24-25,27-32,34,45H,8,10,13-15,18-23H2,1-7H3,(H,41,51)(H,42,49)(H,43,48)(H,44,50)/t24-,25+,28-,29+,30+,31-,32-,34+/m0/s1. The lowest BCUT2D eigenvalue weighted by atomic mass is 9.82. The second kappa shape index (κ2) is 18.9. The lowest BCUT2D eigenvalue weighted by molar-refractivity contribution is -0.141. The molecule has 15 heteroatoms. The summed E-state index contributed by atoms with van der Waals surface area (Å²) in [7, 11) is -3.67. The molecule has 5 amide bonds. The van der Waals surface area contributed by atoms with E-state index in [1.54, 1.807) is 11.8 Å². The van der Waals surface area contributed by atoms with Crippen molar-refractivity contribution in [3.63, 3.8) is 0 Å². The number of likely N-dealkylation sites (tertiary alicyclic amines) is 1. The van der Waals surface area contributed by atoms with Gasteiger partial charge in [0.1, 0.15) is 12.1 Å². The van der Waals surface area contributed by atoms with E-state index in [1.807, 2.05) is 58.0 Å². The first-order valence-electron chi connectivity index (χ1n) is 19.9. The quantitative estimate of drug-likeness (QED) is 0.158. The zero-order valence-corrected chi connectivity index (χ0v) is 34.3. The molecular weight excluding hydrogens is 725 g/mol. The van der Waals surface area contributed by atoms with Gasteiger partial charge in [0.2, 0.25) is 39.4 Å². The molecule has 1 aromatic rings. The molecule has 0 aromatic heterocycles. The van der Waals surface area contributed by atoms with Gasteiger partial charge in [0, 0.05) is 19.0 Å². The van der Waals surface area contributed by atoms with Crippen molar-refractivity contribution in [2.75, 3.05) is 19.3 Å². The van der Waals surface area contributed by atoms with Crippen molar-refractivity contribution in [3.05, 3.63) is 35.9 Å². The zero-order chi connectivity index (χ0) is 40.7. The maximum atomic E-state index is 14.3. The number of fused-ring (bicyclic) bond motifs is 1. The fraction of sp³-hybridized carbons (Fsp3) is 0.700. The van der Waals surface area contributed by atoms with Crippen molar-refractivity contribution < 1.29 is 37.2 Å². The van der Waals surface area contributed by atoms with Gasteiger partial charge in [-0.25, -0.2) is 13.1 Å². The molecule has 3 fully saturated rings. The molecule has 0 spiro atoms. The maximum absolute atomic E-state index is 14.3. The summed E-state index contributed by atoms with van der Waals surface area (Å²) in [5, 5.41) is 11.4. The Kier molecular flexibility index (Phi) is 15.0. The van der Waals surface area contributed by atoms with Crippen molar-refractivity contribution in [3.8, 4) is 0 Å². The summed E-state index contributed by atoms with van der Waals surface area (Å²) in [6.45, 7) is 11.4. The molecule has 1 saturated heterocycles. The van der Waals surface area contributed by atoms with E-state index >= 15 is 0 Å². The SMILES string of the molecule is CCC[C@H](NC(=O)[C@@H]1CC[C@H]2CN(C(=O)[C@@H](NC(=O)[C@@H](NC(=O)[C@@H](C)NS(C)(=O)=O)C3CCCCC3)C(C)(C)C)C[C@H]21)C(=O)C(=O)N[C@@H](C)c1ccccc1. The molecule has 14 nitrogen and oxygen atoms in total. The van der Waals surface area contributed by atoms with Crippen LogP contribution in [0.2, 0.25) is 0 Å². The normalized spacial score (nSPS) is 23.0. The highest BCUT2D eigenvalue weighted by atomic mass is 32.2. The third-order valence-corrected chi connectivity index (χ3v) is 12.3. The summed E-state index contributed by atoms with van der Waals surface area (Å²) in [4.78, 5) is 83.2. The van der Waals surface area contributed by atoms with Gasteiger partial charge in [-0.15, -0.1) is 0 Å². The number of Topliss-reactive ketones (excluding diaryl/α,β-unsaturated/α-hetero) is 1. The second-order valence-corrected chi connectivity index (χ2v) is 18.8. The van der Waals surface area contributed by atoms with Gasteiger partial charge < -0.3 is 26.2 Å². The Labute approximate surface area is 326 Å². The van der Waals surface area contributed by atoms with E-state index in [4.69, 9.17) is 0 Å². The monoisotopic (exact) mass is 786 g/mol. The molecule has 0 unspecified atom stereocenters. The predicted molar refractivity (Wildman–Crippen MR) is 208 cm³/mol. The van der Waals surface area contributed by atoms with Crippen LogP contribution in [0.25, 0.3) is 0 Å². The highest BCUT2D eigenvalue weighted by molar-refractivity contribution is 7.88. The number of amides is 5. The van der Waals surface area contributed by atoms with Gasteiger partial charge in [-0.05, 0) is 74.7 Å². The Morgan fingerprint density at radius 1 is 0.836 bits per heavy atom. The average molecular weight is 787 g/mol. The van der Waals surface area contributed by atoms with E-state index in [9.17, 15) is 37.2 Å². The van der Waals surface area contributed by atoms with Crippen LogP contribution in [0.3, 0.4) is 0 Å². The molecule has 55 heavy (non-hydrogen) atoms. The maximum Gasteiger partial charge on any atom is 0.290 e. The van der Waals surface area contributed by atoms with E-state index < -0.39 is 69.0 Å². The number of sulfonamides is 1. The summed E-state index contributed by atoms with van der Waals surface area (Å²) in [6.07, 6.45) is 7.39. The number of benzene rings is 1. The Morgan fingerprint density at radius 3 is 2.09 bits per heavy atom. The Hall–Kier alpha value is -3.85. The Bertz CT molecular complexity index is 1660.